The average Bonchev–Trinajstić information content (AvgIpc) is 2.93. The minimum absolute atomic E-state index is 0.0574. The Balaban J connectivity index is 1.14. The van der Waals surface area contributed by atoms with Crippen molar-refractivity contribution in [2.75, 3.05) is 24.7 Å². The van der Waals surface area contributed by atoms with Crippen LogP contribution in [0.3, 0.4) is 0 Å². The third-order valence-corrected chi connectivity index (χ3v) is 8.11. The van der Waals surface area contributed by atoms with E-state index in [0.717, 1.165) is 41.1 Å². The molecule has 4 aromatic rings. The molecule has 2 heterocycles. The normalized spacial score (nSPS) is 14.4. The number of sulfone groups is 1. The highest BCUT2D eigenvalue weighted by Gasteiger charge is 2.25. The third-order valence-electron chi connectivity index (χ3n) is 7.01. The summed E-state index contributed by atoms with van der Waals surface area (Å²) in [5, 5.41) is 5.26. The van der Waals surface area contributed by atoms with Gasteiger partial charge in [0.05, 0.1) is 11.3 Å². The van der Waals surface area contributed by atoms with E-state index in [4.69, 9.17) is 0 Å². The van der Waals surface area contributed by atoms with Crippen molar-refractivity contribution in [2.24, 2.45) is 0 Å². The van der Waals surface area contributed by atoms with E-state index in [-0.39, 0.29) is 22.4 Å². The second-order valence-corrected chi connectivity index (χ2v) is 11.8. The number of nitrogens with zero attached hydrogens (tertiary/aromatic N) is 2. The van der Waals surface area contributed by atoms with Gasteiger partial charge in [-0.25, -0.2) is 13.4 Å². The summed E-state index contributed by atoms with van der Waals surface area (Å²) in [6.45, 7) is 1.20. The summed E-state index contributed by atoms with van der Waals surface area (Å²) >= 11 is 0. The molecule has 7 nitrogen and oxygen atoms in total. The van der Waals surface area contributed by atoms with Crippen LogP contribution in [-0.4, -0.2) is 49.5 Å². The Morgan fingerprint density at radius 2 is 1.63 bits per heavy atom. The maximum absolute atomic E-state index is 12.8. The predicted octanol–water partition coefficient (Wildman–Crippen LogP) is 4.84. The molecule has 0 unspecified atom stereocenters. The summed E-state index contributed by atoms with van der Waals surface area (Å²) in [7, 11) is -3.35. The van der Waals surface area contributed by atoms with E-state index in [1.165, 1.54) is 23.9 Å². The number of aromatic nitrogens is 1. The van der Waals surface area contributed by atoms with Crippen molar-refractivity contribution >= 4 is 38.1 Å². The van der Waals surface area contributed by atoms with Crippen LogP contribution in [0.2, 0.25) is 0 Å². The number of fused-ring (bicyclic) bond motifs is 1. The van der Waals surface area contributed by atoms with Gasteiger partial charge in [-0.2, -0.15) is 0 Å². The number of hydrogen-bond donors (Lipinski definition) is 1. The van der Waals surface area contributed by atoms with Gasteiger partial charge < -0.3 is 10.2 Å². The highest BCUT2D eigenvalue weighted by atomic mass is 32.2. The van der Waals surface area contributed by atoms with E-state index in [9.17, 15) is 18.0 Å². The molecule has 8 heteroatoms. The summed E-state index contributed by atoms with van der Waals surface area (Å²) in [5.74, 6) is 0.0768. The standard InChI is InChI=1S/C30H29N3O4S/c1-38(36,37)27-12-13-28(31-20-27)30(35)33-16-14-24(15-17-33)23-8-10-26(11-9-23)32-29(34)19-21-6-7-22-4-2-3-5-25(22)18-21/h2-13,18,20,24H,14-17,19H2,1H3,(H,32,34). The predicted molar refractivity (Wildman–Crippen MR) is 148 cm³/mol. The number of pyridine rings is 1. The van der Waals surface area contributed by atoms with Gasteiger partial charge in [0.15, 0.2) is 9.84 Å². The molecule has 194 valence electrons. The first-order valence-electron chi connectivity index (χ1n) is 12.6. The molecule has 0 aliphatic carbocycles. The molecule has 2 amide bonds. The van der Waals surface area contributed by atoms with Crippen molar-refractivity contribution in [2.45, 2.75) is 30.1 Å². The molecular weight excluding hydrogens is 498 g/mol. The van der Waals surface area contributed by atoms with Crippen LogP contribution in [0.25, 0.3) is 10.8 Å². The number of carbonyl (C=O) groups excluding carboxylic acids is 2. The zero-order chi connectivity index (χ0) is 26.7. The van der Waals surface area contributed by atoms with Crippen molar-refractivity contribution < 1.29 is 18.0 Å². The number of carbonyl (C=O) groups is 2. The zero-order valence-electron chi connectivity index (χ0n) is 21.1. The van der Waals surface area contributed by atoms with Gasteiger partial charge in [-0.05, 0) is 64.9 Å². The molecular formula is C30H29N3O4S. The summed E-state index contributed by atoms with van der Waals surface area (Å²) in [5.41, 5.74) is 3.16. The van der Waals surface area contributed by atoms with Gasteiger partial charge in [0.2, 0.25) is 5.91 Å². The van der Waals surface area contributed by atoms with Crippen LogP contribution in [0.1, 0.15) is 40.4 Å². The van der Waals surface area contributed by atoms with Crippen LogP contribution in [0.15, 0.2) is 90.0 Å². The Morgan fingerprint density at radius 1 is 0.921 bits per heavy atom. The van der Waals surface area contributed by atoms with Crippen molar-refractivity contribution in [1.82, 2.24) is 9.88 Å². The summed E-state index contributed by atoms with van der Waals surface area (Å²) in [6, 6.07) is 25.0. The maximum Gasteiger partial charge on any atom is 0.272 e. The number of hydrogen-bond acceptors (Lipinski definition) is 5. The van der Waals surface area contributed by atoms with Gasteiger partial charge >= 0.3 is 0 Å². The Kier molecular flexibility index (Phi) is 7.24. The summed E-state index contributed by atoms with van der Waals surface area (Å²) < 4.78 is 23.2. The van der Waals surface area contributed by atoms with E-state index < -0.39 is 9.84 Å². The van der Waals surface area contributed by atoms with E-state index in [0.29, 0.717) is 25.4 Å². The number of piperidine rings is 1. The fourth-order valence-electron chi connectivity index (χ4n) is 4.88. The van der Waals surface area contributed by atoms with Crippen molar-refractivity contribution in [3.63, 3.8) is 0 Å². The Bertz CT molecular complexity index is 1570. The van der Waals surface area contributed by atoms with Gasteiger partial charge in [-0.1, -0.05) is 54.6 Å². The van der Waals surface area contributed by atoms with Gasteiger partial charge in [0.1, 0.15) is 5.69 Å². The fourth-order valence-corrected chi connectivity index (χ4v) is 5.44. The molecule has 0 bridgehead atoms. The number of benzene rings is 3. The van der Waals surface area contributed by atoms with Crippen LogP contribution >= 0.6 is 0 Å². The van der Waals surface area contributed by atoms with Crippen LogP contribution in [0, 0.1) is 0 Å². The quantitative estimate of drug-likeness (QED) is 0.387. The highest BCUT2D eigenvalue weighted by Crippen LogP contribution is 2.29. The molecule has 0 saturated carbocycles. The van der Waals surface area contributed by atoms with Crippen molar-refractivity contribution in [3.8, 4) is 0 Å². The minimum atomic E-state index is -3.35. The summed E-state index contributed by atoms with van der Waals surface area (Å²) in [4.78, 5) is 31.4. The van der Waals surface area contributed by atoms with Gasteiger partial charge in [-0.15, -0.1) is 0 Å². The Morgan fingerprint density at radius 3 is 2.29 bits per heavy atom. The van der Waals surface area contributed by atoms with E-state index >= 15 is 0 Å². The SMILES string of the molecule is CS(=O)(=O)c1ccc(C(=O)N2CCC(c3ccc(NC(=O)Cc4ccc5ccccc5c4)cc3)CC2)nc1. The van der Waals surface area contributed by atoms with Crippen LogP contribution in [-0.2, 0) is 21.1 Å². The molecule has 0 atom stereocenters. The fraction of sp³-hybridized carbons (Fsp3) is 0.233. The van der Waals surface area contributed by atoms with Gasteiger partial charge in [0.25, 0.3) is 5.91 Å². The first kappa shape index (κ1) is 25.6. The Hall–Kier alpha value is -4.04. The van der Waals surface area contributed by atoms with Gasteiger partial charge in [0, 0.05) is 31.2 Å². The molecule has 3 aromatic carbocycles. The number of anilines is 1. The molecule has 1 aliphatic rings. The lowest BCUT2D eigenvalue weighted by molar-refractivity contribution is -0.115. The van der Waals surface area contributed by atoms with Crippen LogP contribution < -0.4 is 5.32 Å². The van der Waals surface area contributed by atoms with E-state index in [1.807, 2.05) is 54.6 Å². The summed E-state index contributed by atoms with van der Waals surface area (Å²) in [6.07, 6.45) is 4.30. The van der Waals surface area contributed by atoms with E-state index in [2.05, 4.69) is 22.4 Å². The molecule has 1 N–H and O–H groups in total. The molecule has 5 rings (SSSR count). The van der Waals surface area contributed by atoms with Gasteiger partial charge in [-0.3, -0.25) is 9.59 Å². The topological polar surface area (TPSA) is 96.4 Å². The zero-order valence-corrected chi connectivity index (χ0v) is 21.9. The molecule has 38 heavy (non-hydrogen) atoms. The van der Waals surface area contributed by atoms with Crippen molar-refractivity contribution in [1.29, 1.82) is 0 Å². The molecule has 1 aliphatic heterocycles. The first-order chi connectivity index (χ1) is 18.3. The molecule has 1 saturated heterocycles. The van der Waals surface area contributed by atoms with Crippen molar-refractivity contribution in [3.05, 3.63) is 102 Å². The second-order valence-electron chi connectivity index (χ2n) is 9.75. The van der Waals surface area contributed by atoms with E-state index in [1.54, 1.807) is 4.90 Å². The molecule has 1 aromatic heterocycles. The number of amides is 2. The maximum atomic E-state index is 12.8. The highest BCUT2D eigenvalue weighted by molar-refractivity contribution is 7.90. The second kappa shape index (κ2) is 10.8. The lowest BCUT2D eigenvalue weighted by Gasteiger charge is -2.32. The third kappa shape index (κ3) is 5.92. The smallest absolute Gasteiger partial charge is 0.272 e. The lowest BCUT2D eigenvalue weighted by Crippen LogP contribution is -2.38. The van der Waals surface area contributed by atoms with Crippen LogP contribution in [0.5, 0.6) is 0 Å². The molecule has 1 fully saturated rings. The number of nitrogens with one attached hydrogen (secondary N) is 1. The number of likely N-dealkylation sites (tertiary alicyclic amines) is 1. The monoisotopic (exact) mass is 527 g/mol. The number of rotatable bonds is 6. The largest absolute Gasteiger partial charge is 0.337 e. The molecule has 0 spiro atoms. The van der Waals surface area contributed by atoms with Crippen LogP contribution in [0.4, 0.5) is 5.69 Å². The lowest BCUT2D eigenvalue weighted by atomic mass is 9.89. The average molecular weight is 528 g/mol. The first-order valence-corrected chi connectivity index (χ1v) is 14.5. The Labute approximate surface area is 222 Å². The minimum Gasteiger partial charge on any atom is -0.337 e. The molecule has 0 radical (unpaired) electrons.